The molecule has 0 radical (unpaired) electrons. The van der Waals surface area contributed by atoms with Crippen LogP contribution in [0, 0.1) is 11.8 Å². The van der Waals surface area contributed by atoms with Crippen molar-refractivity contribution >= 4 is 11.9 Å². The van der Waals surface area contributed by atoms with Crippen LogP contribution < -0.4 is 5.32 Å². The van der Waals surface area contributed by atoms with E-state index in [2.05, 4.69) is 5.32 Å². The number of carboxylic acids is 1. The summed E-state index contributed by atoms with van der Waals surface area (Å²) < 4.78 is 0. The number of nitrogens with zero attached hydrogens (tertiary/aromatic N) is 1. The van der Waals surface area contributed by atoms with Gasteiger partial charge >= 0.3 is 5.97 Å². The van der Waals surface area contributed by atoms with Crippen molar-refractivity contribution in [3.63, 3.8) is 0 Å². The third-order valence-corrected chi connectivity index (χ3v) is 2.58. The Morgan fingerprint density at radius 2 is 1.69 bits per heavy atom. The summed E-state index contributed by atoms with van der Waals surface area (Å²) in [6, 6.07) is 0.0194. The van der Waals surface area contributed by atoms with E-state index in [4.69, 9.17) is 5.11 Å². The van der Waals surface area contributed by atoms with Crippen LogP contribution in [0.4, 0.5) is 0 Å². The Morgan fingerprint density at radius 3 is 2.06 bits per heavy atom. The molecule has 94 valence electrons. The van der Waals surface area contributed by atoms with Crippen LogP contribution in [0.1, 0.15) is 20.8 Å². The first-order chi connectivity index (χ1) is 7.25. The summed E-state index contributed by atoms with van der Waals surface area (Å²) in [5.41, 5.74) is 0. The quantitative estimate of drug-likeness (QED) is 0.693. The second-order valence-corrected chi connectivity index (χ2v) is 4.59. The van der Waals surface area contributed by atoms with E-state index in [-0.39, 0.29) is 11.9 Å². The SMILES string of the molecule is CC(CN(C)C)NC(=O)C(C)C(C)C(=O)O. The lowest BCUT2D eigenvalue weighted by molar-refractivity contribution is -0.146. The third kappa shape index (κ3) is 5.11. The van der Waals surface area contributed by atoms with Gasteiger partial charge in [-0.05, 0) is 21.0 Å². The van der Waals surface area contributed by atoms with Gasteiger partial charge in [0.15, 0.2) is 0 Å². The average Bonchev–Trinajstić information content (AvgIpc) is 2.13. The van der Waals surface area contributed by atoms with E-state index in [1.54, 1.807) is 13.8 Å². The minimum absolute atomic E-state index is 0.0194. The van der Waals surface area contributed by atoms with Gasteiger partial charge in [-0.25, -0.2) is 0 Å². The maximum atomic E-state index is 11.7. The van der Waals surface area contributed by atoms with Crippen LogP contribution in [0.2, 0.25) is 0 Å². The number of carboxylic acid groups (broad SMARTS) is 1. The van der Waals surface area contributed by atoms with Crippen LogP contribution in [0.25, 0.3) is 0 Å². The van der Waals surface area contributed by atoms with Crippen LogP contribution in [0.3, 0.4) is 0 Å². The maximum Gasteiger partial charge on any atom is 0.307 e. The highest BCUT2D eigenvalue weighted by molar-refractivity contribution is 5.84. The molecule has 0 fully saturated rings. The van der Waals surface area contributed by atoms with Crippen molar-refractivity contribution in [2.45, 2.75) is 26.8 Å². The standard InChI is InChI=1S/C11H22N2O3/c1-7(6-13(4)5)12-10(14)8(2)9(3)11(15)16/h7-9H,6H2,1-5H3,(H,12,14)(H,15,16). The molecule has 0 aromatic rings. The number of hydrogen-bond donors (Lipinski definition) is 2. The van der Waals surface area contributed by atoms with E-state index in [9.17, 15) is 9.59 Å². The van der Waals surface area contributed by atoms with E-state index in [0.717, 1.165) is 6.54 Å². The molecule has 0 aromatic carbocycles. The summed E-state index contributed by atoms with van der Waals surface area (Å²) in [5.74, 6) is -2.32. The monoisotopic (exact) mass is 230 g/mol. The van der Waals surface area contributed by atoms with Crippen molar-refractivity contribution in [1.82, 2.24) is 10.2 Å². The summed E-state index contributed by atoms with van der Waals surface area (Å²) in [6.45, 7) is 5.82. The molecule has 5 nitrogen and oxygen atoms in total. The number of rotatable bonds is 6. The second kappa shape index (κ2) is 6.48. The normalized spacial score (nSPS) is 16.6. The van der Waals surface area contributed by atoms with E-state index in [0.29, 0.717) is 0 Å². The fraction of sp³-hybridized carbons (Fsp3) is 0.818. The average molecular weight is 230 g/mol. The highest BCUT2D eigenvalue weighted by Gasteiger charge is 2.26. The Hall–Kier alpha value is -1.10. The summed E-state index contributed by atoms with van der Waals surface area (Å²) in [4.78, 5) is 24.4. The Kier molecular flexibility index (Phi) is 6.03. The fourth-order valence-electron chi connectivity index (χ4n) is 1.41. The molecule has 0 saturated carbocycles. The molecule has 3 unspecified atom stereocenters. The zero-order valence-corrected chi connectivity index (χ0v) is 10.7. The molecule has 0 saturated heterocycles. The minimum Gasteiger partial charge on any atom is -0.481 e. The van der Waals surface area contributed by atoms with E-state index < -0.39 is 17.8 Å². The topological polar surface area (TPSA) is 69.6 Å². The highest BCUT2D eigenvalue weighted by Crippen LogP contribution is 2.11. The molecule has 0 spiro atoms. The Labute approximate surface area is 96.8 Å². The van der Waals surface area contributed by atoms with Crippen molar-refractivity contribution in [2.24, 2.45) is 11.8 Å². The van der Waals surface area contributed by atoms with Gasteiger partial charge in [0, 0.05) is 18.5 Å². The zero-order valence-electron chi connectivity index (χ0n) is 10.7. The summed E-state index contributed by atoms with van der Waals surface area (Å²) in [7, 11) is 3.85. The second-order valence-electron chi connectivity index (χ2n) is 4.59. The smallest absolute Gasteiger partial charge is 0.307 e. The molecule has 0 bridgehead atoms. The van der Waals surface area contributed by atoms with Gasteiger partial charge in [-0.3, -0.25) is 9.59 Å². The molecule has 0 aliphatic heterocycles. The van der Waals surface area contributed by atoms with Gasteiger partial charge in [0.1, 0.15) is 0 Å². The molecule has 3 atom stereocenters. The molecular weight excluding hydrogens is 208 g/mol. The van der Waals surface area contributed by atoms with Crippen LogP contribution in [0.5, 0.6) is 0 Å². The van der Waals surface area contributed by atoms with Gasteiger partial charge in [-0.2, -0.15) is 0 Å². The van der Waals surface area contributed by atoms with E-state index in [1.807, 2.05) is 25.9 Å². The fourth-order valence-corrected chi connectivity index (χ4v) is 1.41. The van der Waals surface area contributed by atoms with Crippen LogP contribution in [-0.2, 0) is 9.59 Å². The molecule has 0 heterocycles. The lowest BCUT2D eigenvalue weighted by Gasteiger charge is -2.22. The molecule has 0 aliphatic carbocycles. The number of nitrogens with one attached hydrogen (secondary N) is 1. The van der Waals surface area contributed by atoms with Gasteiger partial charge < -0.3 is 15.3 Å². The third-order valence-electron chi connectivity index (χ3n) is 2.58. The number of likely N-dealkylation sites (N-methyl/N-ethyl adjacent to an activating group) is 1. The van der Waals surface area contributed by atoms with Crippen LogP contribution >= 0.6 is 0 Å². The molecule has 16 heavy (non-hydrogen) atoms. The van der Waals surface area contributed by atoms with Crippen LogP contribution in [0.15, 0.2) is 0 Å². The molecule has 0 aromatic heterocycles. The Balaban J connectivity index is 4.20. The van der Waals surface area contributed by atoms with E-state index in [1.165, 1.54) is 0 Å². The Bertz CT molecular complexity index is 254. The van der Waals surface area contributed by atoms with Crippen molar-refractivity contribution in [3.05, 3.63) is 0 Å². The number of amides is 1. The summed E-state index contributed by atoms with van der Waals surface area (Å²) in [5, 5.41) is 11.6. The predicted octanol–water partition coefficient (Wildman–Crippen LogP) is 0.410. The molecule has 5 heteroatoms. The summed E-state index contributed by atoms with van der Waals surface area (Å²) in [6.07, 6.45) is 0. The molecule has 2 N–H and O–H groups in total. The van der Waals surface area contributed by atoms with Gasteiger partial charge in [0.25, 0.3) is 0 Å². The first-order valence-electron chi connectivity index (χ1n) is 5.43. The van der Waals surface area contributed by atoms with Gasteiger partial charge in [0.05, 0.1) is 5.92 Å². The van der Waals surface area contributed by atoms with Crippen molar-refractivity contribution in [1.29, 1.82) is 0 Å². The predicted molar refractivity (Wildman–Crippen MR) is 62.1 cm³/mol. The molecule has 1 amide bonds. The molecular formula is C11H22N2O3. The van der Waals surface area contributed by atoms with Gasteiger partial charge in [0.2, 0.25) is 5.91 Å². The largest absolute Gasteiger partial charge is 0.481 e. The highest BCUT2D eigenvalue weighted by atomic mass is 16.4. The zero-order chi connectivity index (χ0) is 12.9. The number of carbonyl (C=O) groups excluding carboxylic acids is 1. The first kappa shape index (κ1) is 14.9. The van der Waals surface area contributed by atoms with Crippen LogP contribution in [-0.4, -0.2) is 48.6 Å². The van der Waals surface area contributed by atoms with Crippen molar-refractivity contribution < 1.29 is 14.7 Å². The maximum absolute atomic E-state index is 11.7. The molecule has 0 rings (SSSR count). The number of carbonyl (C=O) groups is 2. The first-order valence-corrected chi connectivity index (χ1v) is 5.43. The number of aliphatic carboxylic acids is 1. The van der Waals surface area contributed by atoms with E-state index >= 15 is 0 Å². The molecule has 0 aliphatic rings. The van der Waals surface area contributed by atoms with Crippen molar-refractivity contribution in [3.8, 4) is 0 Å². The minimum atomic E-state index is -0.942. The summed E-state index contributed by atoms with van der Waals surface area (Å²) >= 11 is 0. The van der Waals surface area contributed by atoms with Gasteiger partial charge in [-0.1, -0.05) is 13.8 Å². The lowest BCUT2D eigenvalue weighted by atomic mass is 9.95. The van der Waals surface area contributed by atoms with Gasteiger partial charge in [-0.15, -0.1) is 0 Å². The number of hydrogen-bond acceptors (Lipinski definition) is 3. The van der Waals surface area contributed by atoms with Crippen molar-refractivity contribution in [2.75, 3.05) is 20.6 Å². The Morgan fingerprint density at radius 1 is 1.19 bits per heavy atom. The lowest BCUT2D eigenvalue weighted by Crippen LogP contribution is -2.44.